The van der Waals surface area contributed by atoms with Gasteiger partial charge in [-0.05, 0) is 111 Å². The fourth-order valence-electron chi connectivity index (χ4n) is 11.9. The van der Waals surface area contributed by atoms with E-state index in [-0.39, 0.29) is 0 Å². The van der Waals surface area contributed by atoms with Crippen molar-refractivity contribution in [3.05, 3.63) is 273 Å². The molecule has 0 aliphatic carbocycles. The third-order valence-electron chi connectivity index (χ3n) is 14.8. The number of nitrogens with zero attached hydrogens (tertiary/aromatic N) is 3. The van der Waals surface area contributed by atoms with Crippen molar-refractivity contribution in [3.8, 4) is 28.2 Å². The number of fused-ring (bicyclic) bond motifs is 9. The maximum absolute atomic E-state index is 2.76. The van der Waals surface area contributed by atoms with Gasteiger partial charge >= 0.3 is 0 Å². The Balaban J connectivity index is 0.953. The summed E-state index contributed by atoms with van der Waals surface area (Å²) in [7, 11) is -2.76. The van der Waals surface area contributed by atoms with Crippen molar-refractivity contribution in [2.24, 2.45) is 0 Å². The Morgan fingerprint density at radius 1 is 0.229 bits per heavy atom. The molecule has 0 unspecified atom stereocenters. The van der Waals surface area contributed by atoms with Crippen LogP contribution < -0.4 is 20.7 Å². The lowest BCUT2D eigenvalue weighted by Crippen LogP contribution is -2.74. The normalized spacial score (nSPS) is 12.0. The molecule has 3 nitrogen and oxygen atoms in total. The van der Waals surface area contributed by atoms with Crippen LogP contribution in [0.1, 0.15) is 0 Å². The molecule has 0 aliphatic heterocycles. The minimum absolute atomic E-state index is 1.14. The van der Waals surface area contributed by atoms with Gasteiger partial charge in [-0.1, -0.05) is 194 Å². The third kappa shape index (κ3) is 6.00. The van der Waals surface area contributed by atoms with Crippen molar-refractivity contribution in [2.45, 2.75) is 0 Å². The van der Waals surface area contributed by atoms with Gasteiger partial charge in [0, 0.05) is 49.4 Å². The van der Waals surface area contributed by atoms with E-state index in [1.807, 2.05) is 0 Å². The molecule has 0 saturated carbocycles. The van der Waals surface area contributed by atoms with Crippen molar-refractivity contribution >= 4 is 94.2 Å². The highest BCUT2D eigenvalue weighted by atomic mass is 28.3. The molecular formula is C66H45N3Si. The Morgan fingerprint density at radius 3 is 1.24 bits per heavy atom. The quantitative estimate of drug-likeness (QED) is 0.107. The molecule has 4 heteroatoms. The van der Waals surface area contributed by atoms with Crippen LogP contribution in [0.2, 0.25) is 0 Å². The van der Waals surface area contributed by atoms with Gasteiger partial charge < -0.3 is 13.7 Å². The molecule has 328 valence electrons. The Morgan fingerprint density at radius 2 is 0.629 bits per heavy atom. The van der Waals surface area contributed by atoms with Crippen LogP contribution in [0.3, 0.4) is 0 Å². The number of aromatic nitrogens is 3. The van der Waals surface area contributed by atoms with Crippen LogP contribution in [0, 0.1) is 0 Å². The van der Waals surface area contributed by atoms with E-state index in [4.69, 9.17) is 0 Å². The molecule has 0 atom stereocenters. The Hall–Kier alpha value is -8.96. The van der Waals surface area contributed by atoms with Crippen molar-refractivity contribution in [3.63, 3.8) is 0 Å². The van der Waals surface area contributed by atoms with Crippen LogP contribution in [0.5, 0.6) is 0 Å². The minimum atomic E-state index is -2.76. The fourth-order valence-corrected chi connectivity index (χ4v) is 16.6. The molecule has 0 radical (unpaired) electrons. The lowest BCUT2D eigenvalue weighted by Gasteiger charge is -2.34. The molecule has 0 saturated heterocycles. The maximum atomic E-state index is 2.48. The van der Waals surface area contributed by atoms with E-state index in [1.165, 1.54) is 97.3 Å². The van der Waals surface area contributed by atoms with Crippen LogP contribution in [-0.4, -0.2) is 21.8 Å². The molecule has 0 bridgehead atoms. The highest BCUT2D eigenvalue weighted by Crippen LogP contribution is 2.42. The lowest BCUT2D eigenvalue weighted by molar-refractivity contribution is 1.17. The number of hydrogen-bond donors (Lipinski definition) is 0. The molecule has 14 rings (SSSR count). The molecule has 3 aromatic heterocycles. The first-order valence-electron chi connectivity index (χ1n) is 24.2. The maximum Gasteiger partial charge on any atom is 0.179 e. The van der Waals surface area contributed by atoms with Crippen LogP contribution in [-0.2, 0) is 0 Å². The van der Waals surface area contributed by atoms with Crippen LogP contribution in [0.15, 0.2) is 273 Å². The van der Waals surface area contributed by atoms with E-state index in [0.29, 0.717) is 0 Å². The Bertz CT molecular complexity index is 4180. The first kappa shape index (κ1) is 40.1. The van der Waals surface area contributed by atoms with Gasteiger partial charge in [0.05, 0.1) is 33.1 Å². The van der Waals surface area contributed by atoms with Gasteiger partial charge in [-0.15, -0.1) is 0 Å². The van der Waals surface area contributed by atoms with E-state index in [2.05, 4.69) is 287 Å². The highest BCUT2D eigenvalue weighted by molar-refractivity contribution is 7.19. The first-order chi connectivity index (χ1) is 34.8. The predicted molar refractivity (Wildman–Crippen MR) is 299 cm³/mol. The fraction of sp³-hybridized carbons (Fsp3) is 0. The summed E-state index contributed by atoms with van der Waals surface area (Å²) in [5.41, 5.74) is 13.0. The molecule has 0 amide bonds. The average Bonchev–Trinajstić information content (AvgIpc) is 4.08. The summed E-state index contributed by atoms with van der Waals surface area (Å²) in [5, 5.41) is 12.9. The van der Waals surface area contributed by atoms with Gasteiger partial charge in [-0.3, -0.25) is 0 Å². The van der Waals surface area contributed by atoms with Crippen LogP contribution in [0.4, 0.5) is 0 Å². The summed E-state index contributed by atoms with van der Waals surface area (Å²) in [5.74, 6) is 0. The van der Waals surface area contributed by atoms with E-state index < -0.39 is 8.07 Å². The number of hydrogen-bond acceptors (Lipinski definition) is 0. The molecule has 0 N–H and O–H groups in total. The second kappa shape index (κ2) is 16.1. The summed E-state index contributed by atoms with van der Waals surface area (Å²) < 4.78 is 7.34. The first-order valence-corrected chi connectivity index (χ1v) is 26.2. The summed E-state index contributed by atoms with van der Waals surface area (Å²) >= 11 is 0. The second-order valence-electron chi connectivity index (χ2n) is 18.4. The topological polar surface area (TPSA) is 14.8 Å². The van der Waals surface area contributed by atoms with Crippen LogP contribution in [0.25, 0.3) is 93.6 Å². The standard InChI is InChI=1S/C66H45N3Si/c1-5-21-47(22-6-1)67-60-35-16-13-31-55(60)58-43-46(39-41-63(58)67)54-34-20-38-65-66(54)57-33-15-18-37-62(57)69(65)49-40-42-64-59(45-49)56-32-14-17-36-61(56)68(64)48-23-19-30-53(44-48)70(50-24-7-2-8-25-50,51-26-9-3-10-27-51)52-28-11-4-12-29-52/h1-45H. The van der Waals surface area contributed by atoms with E-state index in [0.717, 1.165) is 17.1 Å². The summed E-state index contributed by atoms with van der Waals surface area (Å²) in [4.78, 5) is 0. The molecule has 3 heterocycles. The highest BCUT2D eigenvalue weighted by Gasteiger charge is 2.41. The monoisotopic (exact) mass is 907 g/mol. The van der Waals surface area contributed by atoms with Crippen molar-refractivity contribution in [2.75, 3.05) is 0 Å². The number of rotatable bonds is 8. The van der Waals surface area contributed by atoms with Gasteiger partial charge in [-0.2, -0.15) is 0 Å². The minimum Gasteiger partial charge on any atom is -0.309 e. The summed E-state index contributed by atoms with van der Waals surface area (Å²) in [6.45, 7) is 0. The molecule has 0 aliphatic rings. The molecule has 0 fully saturated rings. The molecule has 14 aromatic rings. The van der Waals surface area contributed by atoms with Gasteiger partial charge in [-0.25, -0.2) is 0 Å². The molecular weight excluding hydrogens is 863 g/mol. The van der Waals surface area contributed by atoms with E-state index in [9.17, 15) is 0 Å². The zero-order valence-electron chi connectivity index (χ0n) is 38.3. The van der Waals surface area contributed by atoms with Crippen molar-refractivity contribution in [1.82, 2.24) is 13.7 Å². The predicted octanol–water partition coefficient (Wildman–Crippen LogP) is 14.0. The Kier molecular flexibility index (Phi) is 9.23. The number of benzene rings is 11. The number of para-hydroxylation sites is 4. The molecule has 11 aromatic carbocycles. The lowest BCUT2D eigenvalue weighted by atomic mass is 9.98. The largest absolute Gasteiger partial charge is 0.309 e. The smallest absolute Gasteiger partial charge is 0.179 e. The van der Waals surface area contributed by atoms with E-state index >= 15 is 0 Å². The van der Waals surface area contributed by atoms with Gasteiger partial charge in [0.1, 0.15) is 0 Å². The van der Waals surface area contributed by atoms with Crippen molar-refractivity contribution < 1.29 is 0 Å². The van der Waals surface area contributed by atoms with Crippen LogP contribution >= 0.6 is 0 Å². The van der Waals surface area contributed by atoms with Crippen molar-refractivity contribution in [1.29, 1.82) is 0 Å². The second-order valence-corrected chi connectivity index (χ2v) is 22.2. The van der Waals surface area contributed by atoms with Gasteiger partial charge in [0.15, 0.2) is 8.07 Å². The van der Waals surface area contributed by atoms with Gasteiger partial charge in [0.25, 0.3) is 0 Å². The van der Waals surface area contributed by atoms with E-state index in [1.54, 1.807) is 0 Å². The third-order valence-corrected chi connectivity index (χ3v) is 19.5. The van der Waals surface area contributed by atoms with Gasteiger partial charge in [0.2, 0.25) is 0 Å². The zero-order valence-corrected chi connectivity index (χ0v) is 39.3. The summed E-state index contributed by atoms with van der Waals surface area (Å²) in [6.07, 6.45) is 0. The SMILES string of the molecule is c1ccc(-n2c3ccccc3c3cc(-c4cccc5c4c4ccccc4n5-c4ccc5c(c4)c4ccccc4n5-c4cccc([Si](c5ccccc5)(c5ccccc5)c5ccccc5)c4)ccc32)cc1. The average molecular weight is 908 g/mol. The molecule has 70 heavy (non-hydrogen) atoms. The summed E-state index contributed by atoms with van der Waals surface area (Å²) in [6, 6.07) is 101. The molecule has 0 spiro atoms. The zero-order chi connectivity index (χ0) is 46.2. The Labute approximate surface area is 407 Å².